The standard InChI is InChI=1S/C29H27F3N6O/c1-19-13-24-14-21(17-34-27(24)35-19)4-3-20-7-8-33-26(15-20)36-28(39)22-5-6-23(25(16-22)29(30,31)32)18-38-11-9-37(2)10-12-38/h5-8,13-17H,9-12,18H2,1-2H3,(H,34,35)(H,33,36,39). The van der Waals surface area contributed by atoms with Crippen LogP contribution in [0.5, 0.6) is 0 Å². The van der Waals surface area contributed by atoms with E-state index in [9.17, 15) is 18.0 Å². The van der Waals surface area contributed by atoms with E-state index in [1.54, 1.807) is 18.3 Å². The minimum atomic E-state index is -4.58. The van der Waals surface area contributed by atoms with Crippen LogP contribution in [0.2, 0.25) is 0 Å². The van der Waals surface area contributed by atoms with E-state index in [1.165, 1.54) is 18.3 Å². The number of nitrogens with one attached hydrogen (secondary N) is 2. The molecule has 10 heteroatoms. The van der Waals surface area contributed by atoms with Crippen molar-refractivity contribution in [2.24, 2.45) is 0 Å². The molecule has 3 aromatic heterocycles. The minimum Gasteiger partial charge on any atom is -0.344 e. The van der Waals surface area contributed by atoms with Crippen molar-refractivity contribution >= 4 is 22.8 Å². The van der Waals surface area contributed by atoms with Crippen LogP contribution in [-0.2, 0) is 12.7 Å². The van der Waals surface area contributed by atoms with Gasteiger partial charge in [0.05, 0.1) is 5.56 Å². The van der Waals surface area contributed by atoms with Crippen molar-refractivity contribution < 1.29 is 18.0 Å². The van der Waals surface area contributed by atoms with Crippen molar-refractivity contribution in [3.8, 4) is 11.8 Å². The number of anilines is 1. The lowest BCUT2D eigenvalue weighted by atomic mass is 10.0. The monoisotopic (exact) mass is 532 g/mol. The number of aryl methyl sites for hydroxylation is 1. The molecule has 4 aromatic rings. The number of rotatable bonds is 4. The second kappa shape index (κ2) is 10.9. The predicted molar refractivity (Wildman–Crippen MR) is 143 cm³/mol. The maximum absolute atomic E-state index is 13.9. The van der Waals surface area contributed by atoms with Crippen LogP contribution >= 0.6 is 0 Å². The number of alkyl halides is 3. The number of pyridine rings is 2. The molecule has 0 saturated carbocycles. The summed E-state index contributed by atoms with van der Waals surface area (Å²) in [5, 5.41) is 3.54. The number of halogens is 3. The van der Waals surface area contributed by atoms with Crippen LogP contribution < -0.4 is 5.32 Å². The molecule has 4 heterocycles. The molecule has 0 spiro atoms. The number of nitrogens with zero attached hydrogens (tertiary/aromatic N) is 4. The van der Waals surface area contributed by atoms with E-state index in [0.29, 0.717) is 18.7 Å². The number of hydrogen-bond acceptors (Lipinski definition) is 5. The number of carbonyl (C=O) groups is 1. The van der Waals surface area contributed by atoms with E-state index >= 15 is 0 Å². The molecule has 2 N–H and O–H groups in total. The summed E-state index contributed by atoms with van der Waals surface area (Å²) >= 11 is 0. The van der Waals surface area contributed by atoms with E-state index in [2.05, 4.69) is 37.0 Å². The topological polar surface area (TPSA) is 77.2 Å². The summed E-state index contributed by atoms with van der Waals surface area (Å²) in [7, 11) is 1.99. The lowest BCUT2D eigenvalue weighted by Crippen LogP contribution is -2.44. The van der Waals surface area contributed by atoms with Gasteiger partial charge in [-0.25, -0.2) is 9.97 Å². The van der Waals surface area contributed by atoms with Gasteiger partial charge in [-0.3, -0.25) is 9.69 Å². The highest BCUT2D eigenvalue weighted by Crippen LogP contribution is 2.33. The van der Waals surface area contributed by atoms with Gasteiger partial charge in [0, 0.05) is 72.9 Å². The second-order valence-electron chi connectivity index (χ2n) is 9.70. The molecule has 1 aliphatic rings. The number of piperazine rings is 1. The van der Waals surface area contributed by atoms with Crippen molar-refractivity contribution in [2.75, 3.05) is 38.5 Å². The molecule has 0 bridgehead atoms. The number of hydrogen-bond donors (Lipinski definition) is 2. The third kappa shape index (κ3) is 6.45. The molecule has 1 amide bonds. The second-order valence-corrected chi connectivity index (χ2v) is 9.70. The van der Waals surface area contributed by atoms with Gasteiger partial charge in [0.2, 0.25) is 0 Å². The third-order valence-electron chi connectivity index (χ3n) is 6.62. The van der Waals surface area contributed by atoms with Gasteiger partial charge in [-0.2, -0.15) is 13.2 Å². The quantitative estimate of drug-likeness (QED) is 0.373. The minimum absolute atomic E-state index is 0.0936. The van der Waals surface area contributed by atoms with Crippen molar-refractivity contribution in [1.82, 2.24) is 24.8 Å². The highest BCUT2D eigenvalue weighted by Gasteiger charge is 2.34. The fourth-order valence-corrected chi connectivity index (χ4v) is 4.50. The lowest BCUT2D eigenvalue weighted by molar-refractivity contribution is -0.138. The molecule has 1 fully saturated rings. The first-order valence-corrected chi connectivity index (χ1v) is 12.5. The van der Waals surface area contributed by atoms with Gasteiger partial charge < -0.3 is 15.2 Å². The van der Waals surface area contributed by atoms with Crippen LogP contribution in [0, 0.1) is 18.8 Å². The van der Waals surface area contributed by atoms with Gasteiger partial charge in [0.15, 0.2) is 0 Å². The van der Waals surface area contributed by atoms with Gasteiger partial charge in [-0.1, -0.05) is 17.9 Å². The normalized spacial score (nSPS) is 14.7. The summed E-state index contributed by atoms with van der Waals surface area (Å²) in [6.07, 6.45) is -1.43. The third-order valence-corrected chi connectivity index (χ3v) is 6.62. The molecule has 0 atom stereocenters. The smallest absolute Gasteiger partial charge is 0.344 e. The van der Waals surface area contributed by atoms with Gasteiger partial charge in [0.1, 0.15) is 11.5 Å². The fourth-order valence-electron chi connectivity index (χ4n) is 4.50. The molecule has 0 aliphatic carbocycles. The maximum Gasteiger partial charge on any atom is 0.416 e. The van der Waals surface area contributed by atoms with Gasteiger partial charge >= 0.3 is 6.18 Å². The summed E-state index contributed by atoms with van der Waals surface area (Å²) in [6.45, 7) is 5.12. The van der Waals surface area contributed by atoms with Gasteiger partial charge in [-0.05, 0) is 55.9 Å². The van der Waals surface area contributed by atoms with Gasteiger partial charge in [-0.15, -0.1) is 0 Å². The van der Waals surface area contributed by atoms with Crippen LogP contribution in [0.25, 0.3) is 11.0 Å². The summed E-state index contributed by atoms with van der Waals surface area (Å²) in [5.74, 6) is 5.57. The molecule has 200 valence electrons. The highest BCUT2D eigenvalue weighted by molar-refractivity contribution is 6.04. The van der Waals surface area contributed by atoms with Crippen LogP contribution in [-0.4, -0.2) is 63.9 Å². The predicted octanol–water partition coefficient (Wildman–Crippen LogP) is 4.68. The Kier molecular flexibility index (Phi) is 7.37. The van der Waals surface area contributed by atoms with Crippen molar-refractivity contribution in [2.45, 2.75) is 19.6 Å². The zero-order chi connectivity index (χ0) is 27.6. The molecule has 1 aromatic carbocycles. The van der Waals surface area contributed by atoms with E-state index in [-0.39, 0.29) is 23.5 Å². The first-order chi connectivity index (χ1) is 18.6. The largest absolute Gasteiger partial charge is 0.416 e. The zero-order valence-electron chi connectivity index (χ0n) is 21.6. The maximum atomic E-state index is 13.9. The Bertz CT molecular complexity index is 1580. The Morgan fingerprint density at radius 2 is 1.79 bits per heavy atom. The molecule has 7 nitrogen and oxygen atoms in total. The average Bonchev–Trinajstić information content (AvgIpc) is 3.28. The van der Waals surface area contributed by atoms with E-state index in [0.717, 1.165) is 41.4 Å². The molecule has 39 heavy (non-hydrogen) atoms. The number of fused-ring (bicyclic) bond motifs is 1. The molecular weight excluding hydrogens is 505 g/mol. The Balaban J connectivity index is 1.31. The van der Waals surface area contributed by atoms with Crippen LogP contribution in [0.1, 0.15) is 38.3 Å². The van der Waals surface area contributed by atoms with Crippen molar-refractivity contribution in [3.63, 3.8) is 0 Å². The number of H-pyrrole nitrogens is 1. The van der Waals surface area contributed by atoms with E-state index in [4.69, 9.17) is 0 Å². The SMILES string of the molecule is Cc1cc2cc(C#Cc3ccnc(NC(=O)c4ccc(CN5CCN(C)CC5)c(C(F)(F)F)c4)c3)cnc2[nH]1. The fraction of sp³-hybridized carbons (Fsp3) is 0.276. The van der Waals surface area contributed by atoms with Crippen molar-refractivity contribution in [1.29, 1.82) is 0 Å². The Labute approximate surface area is 224 Å². The number of benzene rings is 1. The first kappa shape index (κ1) is 26.4. The number of likely N-dealkylation sites (N-methyl/N-ethyl adjacent to an activating group) is 1. The molecule has 1 aliphatic heterocycles. The Hall–Kier alpha value is -4.20. The van der Waals surface area contributed by atoms with Gasteiger partial charge in [0.25, 0.3) is 5.91 Å². The van der Waals surface area contributed by atoms with Crippen LogP contribution in [0.4, 0.5) is 19.0 Å². The van der Waals surface area contributed by atoms with E-state index in [1.807, 2.05) is 31.0 Å². The van der Waals surface area contributed by atoms with Crippen LogP contribution in [0.15, 0.2) is 54.9 Å². The molecule has 0 unspecified atom stereocenters. The Morgan fingerprint density at radius 3 is 2.56 bits per heavy atom. The summed E-state index contributed by atoms with van der Waals surface area (Å²) in [5.41, 5.74) is 2.36. The summed E-state index contributed by atoms with van der Waals surface area (Å²) < 4.78 is 41.7. The molecular formula is C29H27F3N6O. The Morgan fingerprint density at radius 1 is 1.03 bits per heavy atom. The molecule has 5 rings (SSSR count). The average molecular weight is 533 g/mol. The molecule has 0 radical (unpaired) electrons. The summed E-state index contributed by atoms with van der Waals surface area (Å²) in [4.78, 5) is 28.6. The van der Waals surface area contributed by atoms with E-state index < -0.39 is 17.6 Å². The first-order valence-electron chi connectivity index (χ1n) is 12.5. The summed E-state index contributed by atoms with van der Waals surface area (Å²) in [6, 6.07) is 10.9. The highest BCUT2D eigenvalue weighted by atomic mass is 19.4. The number of amides is 1. The molecule has 1 saturated heterocycles. The zero-order valence-corrected chi connectivity index (χ0v) is 21.6. The lowest BCUT2D eigenvalue weighted by Gasteiger charge is -2.33. The van der Waals surface area contributed by atoms with Crippen LogP contribution in [0.3, 0.4) is 0 Å². The number of carbonyl (C=O) groups excluding carboxylic acids is 1. The number of aromatic nitrogens is 3. The number of aromatic amines is 1. The van der Waals surface area contributed by atoms with Crippen molar-refractivity contribution in [3.05, 3.63) is 88.4 Å².